The lowest BCUT2D eigenvalue weighted by molar-refractivity contribution is 0.723. The van der Waals surface area contributed by atoms with Crippen LogP contribution in [-0.2, 0) is 13.0 Å². The summed E-state index contributed by atoms with van der Waals surface area (Å²) in [6.07, 6.45) is 4.59. The van der Waals surface area contributed by atoms with E-state index in [0.717, 1.165) is 25.2 Å². The number of hydrogen-bond acceptors (Lipinski definition) is 3. The van der Waals surface area contributed by atoms with E-state index >= 15 is 0 Å². The lowest BCUT2D eigenvalue weighted by Gasteiger charge is -2.01. The van der Waals surface area contributed by atoms with Crippen LogP contribution in [0.25, 0.3) is 10.9 Å². The van der Waals surface area contributed by atoms with Crippen LogP contribution in [0, 0.1) is 6.92 Å². The molecule has 0 amide bonds. The van der Waals surface area contributed by atoms with Gasteiger partial charge in [-0.3, -0.25) is 0 Å². The quantitative estimate of drug-likeness (QED) is 0.705. The first kappa shape index (κ1) is 14.3. The van der Waals surface area contributed by atoms with Gasteiger partial charge in [0.25, 0.3) is 0 Å². The summed E-state index contributed by atoms with van der Waals surface area (Å²) in [5.74, 6) is 0. The molecule has 2 aromatic heterocycles. The van der Waals surface area contributed by atoms with E-state index in [4.69, 9.17) is 0 Å². The van der Waals surface area contributed by atoms with Crippen molar-refractivity contribution < 1.29 is 0 Å². The number of para-hydroxylation sites is 1. The van der Waals surface area contributed by atoms with Gasteiger partial charge < -0.3 is 9.88 Å². The first-order valence-electron chi connectivity index (χ1n) is 7.40. The van der Waals surface area contributed by atoms with E-state index in [-0.39, 0.29) is 0 Å². The summed E-state index contributed by atoms with van der Waals surface area (Å²) in [5.41, 5.74) is 3.86. The summed E-state index contributed by atoms with van der Waals surface area (Å²) in [4.78, 5) is 4.59. The van der Waals surface area contributed by atoms with Crippen LogP contribution in [-0.4, -0.2) is 23.1 Å². The summed E-state index contributed by atoms with van der Waals surface area (Å²) in [7, 11) is 2.01. The molecular weight excluding hydrogens is 278 g/mol. The molecule has 0 aliphatic heterocycles. The molecule has 0 saturated carbocycles. The molecule has 21 heavy (non-hydrogen) atoms. The number of rotatable bonds is 6. The zero-order valence-electron chi connectivity index (χ0n) is 12.6. The van der Waals surface area contributed by atoms with Gasteiger partial charge in [-0.05, 0) is 45.0 Å². The maximum Gasteiger partial charge on any atom is 0.113 e. The summed E-state index contributed by atoms with van der Waals surface area (Å²) in [6, 6.07) is 8.68. The first-order valence-corrected chi connectivity index (χ1v) is 8.28. The molecule has 0 saturated heterocycles. The zero-order chi connectivity index (χ0) is 14.7. The Morgan fingerprint density at radius 1 is 1.29 bits per heavy atom. The van der Waals surface area contributed by atoms with Crippen molar-refractivity contribution in [1.82, 2.24) is 14.9 Å². The second-order valence-electron chi connectivity index (χ2n) is 5.39. The number of fused-ring (bicyclic) bond motifs is 1. The fourth-order valence-corrected chi connectivity index (χ4v) is 3.50. The molecule has 0 aliphatic carbocycles. The van der Waals surface area contributed by atoms with E-state index in [1.54, 1.807) is 11.3 Å². The minimum absolute atomic E-state index is 0.866. The first-order chi connectivity index (χ1) is 10.3. The Kier molecular flexibility index (Phi) is 4.36. The Bertz CT molecular complexity index is 727. The van der Waals surface area contributed by atoms with Crippen molar-refractivity contribution in [1.29, 1.82) is 0 Å². The SMILES string of the molecule is CNCCCc1cn(Cc2nc(C)cs2)c2ccccc12. The molecule has 0 unspecified atom stereocenters. The highest BCUT2D eigenvalue weighted by atomic mass is 32.1. The van der Waals surface area contributed by atoms with Crippen molar-refractivity contribution in [2.75, 3.05) is 13.6 Å². The molecule has 0 spiro atoms. The third-order valence-corrected chi connectivity index (χ3v) is 4.67. The Morgan fingerprint density at radius 2 is 2.14 bits per heavy atom. The number of nitrogens with one attached hydrogen (secondary N) is 1. The van der Waals surface area contributed by atoms with Crippen LogP contribution >= 0.6 is 11.3 Å². The van der Waals surface area contributed by atoms with E-state index in [0.29, 0.717) is 0 Å². The van der Waals surface area contributed by atoms with Crippen molar-refractivity contribution >= 4 is 22.2 Å². The number of aryl methyl sites for hydroxylation is 2. The highest BCUT2D eigenvalue weighted by Crippen LogP contribution is 2.24. The molecule has 0 fully saturated rings. The number of nitrogens with zero attached hydrogens (tertiary/aromatic N) is 2. The molecule has 0 bridgehead atoms. The normalized spacial score (nSPS) is 11.3. The largest absolute Gasteiger partial charge is 0.340 e. The fraction of sp³-hybridized carbons (Fsp3) is 0.353. The molecule has 3 aromatic rings. The zero-order valence-corrected chi connectivity index (χ0v) is 13.4. The van der Waals surface area contributed by atoms with Crippen LogP contribution in [0.3, 0.4) is 0 Å². The molecule has 1 aromatic carbocycles. The molecule has 110 valence electrons. The van der Waals surface area contributed by atoms with Gasteiger partial charge in [-0.25, -0.2) is 4.98 Å². The van der Waals surface area contributed by atoms with Gasteiger partial charge in [0.2, 0.25) is 0 Å². The maximum atomic E-state index is 4.59. The maximum absolute atomic E-state index is 4.59. The standard InChI is InChI=1S/C17H21N3S/c1-13-12-21-17(19-13)11-20-10-14(6-5-9-18-2)15-7-3-4-8-16(15)20/h3-4,7-8,10,12,18H,5-6,9,11H2,1-2H3. The van der Waals surface area contributed by atoms with Crippen molar-refractivity contribution in [3.8, 4) is 0 Å². The summed E-state index contributed by atoms with van der Waals surface area (Å²) < 4.78 is 2.34. The monoisotopic (exact) mass is 299 g/mol. The smallest absolute Gasteiger partial charge is 0.113 e. The Labute approximate surface area is 129 Å². The molecular formula is C17H21N3S. The summed E-state index contributed by atoms with van der Waals surface area (Å²) in [6.45, 7) is 3.98. The minimum atomic E-state index is 0.866. The van der Waals surface area contributed by atoms with Crippen molar-refractivity contribution in [2.24, 2.45) is 0 Å². The Morgan fingerprint density at radius 3 is 2.90 bits per heavy atom. The topological polar surface area (TPSA) is 29.9 Å². The highest BCUT2D eigenvalue weighted by Gasteiger charge is 2.09. The lowest BCUT2D eigenvalue weighted by Crippen LogP contribution is -2.08. The van der Waals surface area contributed by atoms with Gasteiger partial charge in [-0.2, -0.15) is 0 Å². The Balaban J connectivity index is 1.90. The van der Waals surface area contributed by atoms with Gasteiger partial charge in [0.15, 0.2) is 0 Å². The van der Waals surface area contributed by atoms with Gasteiger partial charge in [0.05, 0.1) is 6.54 Å². The average molecular weight is 299 g/mol. The minimum Gasteiger partial charge on any atom is -0.340 e. The van der Waals surface area contributed by atoms with Gasteiger partial charge >= 0.3 is 0 Å². The molecule has 0 aliphatic rings. The summed E-state index contributed by atoms with van der Waals surface area (Å²) in [5, 5.41) is 7.89. The van der Waals surface area contributed by atoms with Crippen LogP contribution in [0.2, 0.25) is 0 Å². The van der Waals surface area contributed by atoms with Crippen LogP contribution < -0.4 is 5.32 Å². The predicted octanol–water partition coefficient (Wildman–Crippen LogP) is 3.61. The number of hydrogen-bond donors (Lipinski definition) is 1. The average Bonchev–Trinajstić information content (AvgIpc) is 3.05. The van der Waals surface area contributed by atoms with Gasteiger partial charge in [0, 0.05) is 28.2 Å². The number of aromatic nitrogens is 2. The molecule has 3 nitrogen and oxygen atoms in total. The highest BCUT2D eigenvalue weighted by molar-refractivity contribution is 7.09. The molecule has 4 heteroatoms. The van der Waals surface area contributed by atoms with Gasteiger partial charge in [-0.15, -0.1) is 11.3 Å². The third-order valence-electron chi connectivity index (χ3n) is 3.72. The van der Waals surface area contributed by atoms with E-state index in [1.807, 2.05) is 7.05 Å². The van der Waals surface area contributed by atoms with Crippen LogP contribution in [0.15, 0.2) is 35.8 Å². The number of benzene rings is 1. The fourth-order valence-electron chi connectivity index (χ4n) is 2.73. The van der Waals surface area contributed by atoms with Gasteiger partial charge in [0.1, 0.15) is 5.01 Å². The van der Waals surface area contributed by atoms with Crippen LogP contribution in [0.1, 0.15) is 22.7 Å². The third kappa shape index (κ3) is 3.17. The molecule has 0 atom stereocenters. The Hall–Kier alpha value is -1.65. The van der Waals surface area contributed by atoms with Crippen molar-refractivity contribution in [3.63, 3.8) is 0 Å². The van der Waals surface area contributed by atoms with Crippen molar-refractivity contribution in [3.05, 3.63) is 52.1 Å². The second kappa shape index (κ2) is 6.41. The second-order valence-corrected chi connectivity index (χ2v) is 6.33. The van der Waals surface area contributed by atoms with Crippen molar-refractivity contribution in [2.45, 2.75) is 26.3 Å². The number of thiazole rings is 1. The van der Waals surface area contributed by atoms with E-state index in [2.05, 4.69) is 57.6 Å². The van der Waals surface area contributed by atoms with E-state index < -0.39 is 0 Å². The lowest BCUT2D eigenvalue weighted by atomic mass is 10.1. The van der Waals surface area contributed by atoms with Gasteiger partial charge in [-0.1, -0.05) is 18.2 Å². The molecule has 3 rings (SSSR count). The molecule has 0 radical (unpaired) electrons. The van der Waals surface area contributed by atoms with E-state index in [1.165, 1.54) is 27.9 Å². The molecule has 2 heterocycles. The summed E-state index contributed by atoms with van der Waals surface area (Å²) >= 11 is 1.74. The van der Waals surface area contributed by atoms with E-state index in [9.17, 15) is 0 Å². The van der Waals surface area contributed by atoms with Crippen LogP contribution in [0.5, 0.6) is 0 Å². The molecule has 1 N–H and O–H groups in total. The van der Waals surface area contributed by atoms with Crippen LogP contribution in [0.4, 0.5) is 0 Å². The predicted molar refractivity (Wildman–Crippen MR) is 90.1 cm³/mol.